The first-order valence-electron chi connectivity index (χ1n) is 2.90. The molecule has 1 aromatic rings. The molecule has 0 aliphatic carbocycles. The molecule has 0 aromatic carbocycles. The molecule has 1 N–H and O–H groups in total. The van der Waals surface area contributed by atoms with E-state index in [0.717, 1.165) is 0 Å². The van der Waals surface area contributed by atoms with E-state index in [4.69, 9.17) is 9.15 Å². The Bertz CT molecular complexity index is 232. The molecule has 1 heterocycles. The number of methoxy groups -OCH3 is 1. The Kier molecular flexibility index (Phi) is 1.76. The van der Waals surface area contributed by atoms with Gasteiger partial charge in [0, 0.05) is 0 Å². The van der Waals surface area contributed by atoms with E-state index >= 15 is 0 Å². The third-order valence-corrected chi connectivity index (χ3v) is 1.25. The summed E-state index contributed by atoms with van der Waals surface area (Å²) in [4.78, 5) is 0. The normalized spacial score (nSPS) is 9.40. The van der Waals surface area contributed by atoms with Gasteiger partial charge in [-0.25, -0.2) is 4.42 Å². The van der Waals surface area contributed by atoms with Gasteiger partial charge in [0.2, 0.25) is 0 Å². The molecule has 0 saturated carbocycles. The summed E-state index contributed by atoms with van der Waals surface area (Å²) in [7, 11) is 1.49. The van der Waals surface area contributed by atoms with Crippen LogP contribution in [-0.2, 0) is 0 Å². The predicted molar refractivity (Wildman–Crippen MR) is 36.1 cm³/mol. The van der Waals surface area contributed by atoms with Crippen molar-refractivity contribution in [1.29, 1.82) is 0 Å². The number of rotatable bonds is 1. The lowest BCUT2D eigenvalue weighted by atomic mass is 10.3. The molecule has 0 radical (unpaired) electrons. The van der Waals surface area contributed by atoms with E-state index in [2.05, 4.69) is 0 Å². The van der Waals surface area contributed by atoms with Crippen LogP contribution in [0.3, 0.4) is 0 Å². The van der Waals surface area contributed by atoms with Crippen molar-refractivity contribution < 1.29 is 14.3 Å². The van der Waals surface area contributed by atoms with Gasteiger partial charge in [-0.2, -0.15) is 0 Å². The Balaban J connectivity index is 3.14. The molecule has 54 valence electrons. The Morgan fingerprint density at radius 1 is 1.60 bits per heavy atom. The van der Waals surface area contributed by atoms with Crippen LogP contribution in [0.5, 0.6) is 11.5 Å². The molecule has 3 nitrogen and oxygen atoms in total. The second-order valence-electron chi connectivity index (χ2n) is 1.89. The van der Waals surface area contributed by atoms with Gasteiger partial charge in [-0.1, -0.05) is 0 Å². The maximum absolute atomic E-state index is 9.18. The lowest BCUT2D eigenvalue weighted by Gasteiger charge is -1.96. The fourth-order valence-corrected chi connectivity index (χ4v) is 0.671. The Morgan fingerprint density at radius 3 is 2.80 bits per heavy atom. The van der Waals surface area contributed by atoms with E-state index in [-0.39, 0.29) is 5.75 Å². The maximum atomic E-state index is 9.18. The van der Waals surface area contributed by atoms with Gasteiger partial charge >= 0.3 is 12.0 Å². The Morgan fingerprint density at radius 2 is 2.30 bits per heavy atom. The summed E-state index contributed by atoms with van der Waals surface area (Å²) >= 11 is 0. The molecule has 0 atom stereocenters. The zero-order valence-electron chi connectivity index (χ0n) is 5.92. The number of hydrogen-bond donors (Lipinski definition) is 1. The summed E-state index contributed by atoms with van der Waals surface area (Å²) in [6.45, 7) is 1.66. The summed E-state index contributed by atoms with van der Waals surface area (Å²) in [5.41, 5.74) is 0. The van der Waals surface area contributed by atoms with Crippen molar-refractivity contribution in [3.63, 3.8) is 0 Å². The molecular weight excluding hydrogens is 132 g/mol. The average Bonchev–Trinajstić information content (AvgIpc) is 1.95. The molecule has 0 saturated heterocycles. The molecule has 0 unspecified atom stereocenters. The van der Waals surface area contributed by atoms with Gasteiger partial charge in [-0.3, -0.25) is 0 Å². The summed E-state index contributed by atoms with van der Waals surface area (Å²) in [6.07, 6.45) is 1.47. The van der Waals surface area contributed by atoms with E-state index < -0.39 is 0 Å². The molecule has 10 heavy (non-hydrogen) atoms. The largest absolute Gasteiger partial charge is 0.498 e. The number of ether oxygens (including phenoxy) is 1. The predicted octanol–water partition coefficient (Wildman–Crippen LogP) is 1.58. The molecular formula is C7H9O3+. The zero-order valence-corrected chi connectivity index (χ0v) is 5.92. The van der Waals surface area contributed by atoms with Crippen molar-refractivity contribution >= 4 is 0 Å². The first-order valence-corrected chi connectivity index (χ1v) is 2.90. The summed E-state index contributed by atoms with van der Waals surface area (Å²) < 4.78 is 9.69. The third-order valence-electron chi connectivity index (χ3n) is 1.25. The summed E-state index contributed by atoms with van der Waals surface area (Å²) in [5.74, 6) is 0.952. The van der Waals surface area contributed by atoms with Crippen LogP contribution < -0.4 is 4.74 Å². The second kappa shape index (κ2) is 2.56. The van der Waals surface area contributed by atoms with Crippen LogP contribution in [0.2, 0.25) is 0 Å². The quantitative estimate of drug-likeness (QED) is 0.603. The standard InChI is InChI=1S/C7H8O3/c1-5-7(8)6(9-2)3-4-10-5/h3-4H,1-2H3/p+1. The van der Waals surface area contributed by atoms with Crippen LogP contribution in [0.4, 0.5) is 0 Å². The molecule has 1 rings (SSSR count). The average molecular weight is 141 g/mol. The highest BCUT2D eigenvalue weighted by Gasteiger charge is 2.13. The zero-order chi connectivity index (χ0) is 7.56. The van der Waals surface area contributed by atoms with Gasteiger partial charge in [0.25, 0.3) is 5.75 Å². The fourth-order valence-electron chi connectivity index (χ4n) is 0.671. The van der Waals surface area contributed by atoms with Gasteiger partial charge in [-0.05, 0) is 0 Å². The summed E-state index contributed by atoms with van der Waals surface area (Å²) in [5, 5.41) is 9.18. The topological polar surface area (TPSA) is 40.8 Å². The Labute approximate surface area is 58.9 Å². The minimum atomic E-state index is 0.0602. The highest BCUT2D eigenvalue weighted by molar-refractivity contribution is 5.38. The first kappa shape index (κ1) is 6.86. The van der Waals surface area contributed by atoms with Crippen LogP contribution in [0.25, 0.3) is 0 Å². The van der Waals surface area contributed by atoms with Crippen molar-refractivity contribution in [3.8, 4) is 11.5 Å². The smallest absolute Gasteiger partial charge is 0.371 e. The van der Waals surface area contributed by atoms with Crippen LogP contribution in [0, 0.1) is 6.92 Å². The monoisotopic (exact) mass is 141 g/mol. The molecule has 1 aromatic heterocycles. The van der Waals surface area contributed by atoms with Crippen molar-refractivity contribution in [3.05, 3.63) is 18.1 Å². The lowest BCUT2D eigenvalue weighted by Crippen LogP contribution is -1.84. The van der Waals surface area contributed by atoms with Crippen LogP contribution in [0.15, 0.2) is 16.7 Å². The summed E-state index contributed by atoms with van der Waals surface area (Å²) in [6, 6.07) is 1.56. The minimum absolute atomic E-state index is 0.0602. The van der Waals surface area contributed by atoms with E-state index in [1.54, 1.807) is 13.0 Å². The molecule has 0 spiro atoms. The van der Waals surface area contributed by atoms with Gasteiger partial charge in [0.15, 0.2) is 5.75 Å². The van der Waals surface area contributed by atoms with Gasteiger partial charge in [0.05, 0.1) is 20.1 Å². The molecule has 0 fully saturated rings. The Hall–Kier alpha value is -1.25. The highest BCUT2D eigenvalue weighted by atomic mass is 16.5. The SMILES string of the molecule is COc1cc[o+]c(C)c1O. The van der Waals surface area contributed by atoms with E-state index in [0.29, 0.717) is 11.5 Å². The van der Waals surface area contributed by atoms with Crippen molar-refractivity contribution in [2.75, 3.05) is 7.11 Å². The van der Waals surface area contributed by atoms with Crippen molar-refractivity contribution in [2.24, 2.45) is 0 Å². The molecule has 3 heteroatoms. The second-order valence-corrected chi connectivity index (χ2v) is 1.89. The third kappa shape index (κ3) is 1.03. The number of aromatic hydroxyl groups is 1. The molecule has 0 aliphatic rings. The van der Waals surface area contributed by atoms with Crippen LogP contribution >= 0.6 is 0 Å². The molecule has 0 bridgehead atoms. The van der Waals surface area contributed by atoms with E-state index in [9.17, 15) is 5.11 Å². The highest BCUT2D eigenvalue weighted by Crippen LogP contribution is 2.27. The van der Waals surface area contributed by atoms with Crippen molar-refractivity contribution in [1.82, 2.24) is 0 Å². The van der Waals surface area contributed by atoms with E-state index in [1.807, 2.05) is 0 Å². The lowest BCUT2D eigenvalue weighted by molar-refractivity contribution is 0.348. The fraction of sp³-hybridized carbons (Fsp3) is 0.286. The minimum Gasteiger partial charge on any atom is -0.498 e. The molecule has 0 amide bonds. The van der Waals surface area contributed by atoms with Crippen LogP contribution in [-0.4, -0.2) is 12.2 Å². The van der Waals surface area contributed by atoms with E-state index in [1.165, 1.54) is 13.4 Å². The number of aryl methyl sites for hydroxylation is 1. The van der Waals surface area contributed by atoms with Gasteiger partial charge < -0.3 is 9.84 Å². The first-order chi connectivity index (χ1) is 4.75. The van der Waals surface area contributed by atoms with Crippen molar-refractivity contribution in [2.45, 2.75) is 6.92 Å². The molecule has 0 aliphatic heterocycles. The number of hydrogen-bond acceptors (Lipinski definition) is 2. The van der Waals surface area contributed by atoms with Gasteiger partial charge in [0.1, 0.15) is 0 Å². The van der Waals surface area contributed by atoms with Gasteiger partial charge in [-0.15, -0.1) is 0 Å². The van der Waals surface area contributed by atoms with Crippen LogP contribution in [0.1, 0.15) is 5.76 Å². The maximum Gasteiger partial charge on any atom is 0.371 e.